The van der Waals surface area contributed by atoms with Gasteiger partial charge in [0, 0.05) is 5.41 Å². The molecule has 0 radical (unpaired) electrons. The summed E-state index contributed by atoms with van der Waals surface area (Å²) in [4.78, 5) is 0. The number of hydrogen-bond acceptors (Lipinski definition) is 1. The second-order valence-corrected chi connectivity index (χ2v) is 12.4. The quantitative estimate of drug-likeness (QED) is 0.472. The Labute approximate surface area is 186 Å². The van der Waals surface area contributed by atoms with Crippen LogP contribution < -0.4 is 0 Å². The molecule has 0 aromatic rings. The van der Waals surface area contributed by atoms with E-state index in [0.717, 1.165) is 41.9 Å². The van der Waals surface area contributed by atoms with Crippen LogP contribution >= 0.6 is 0 Å². The monoisotopic (exact) mass is 412 g/mol. The SMILES string of the molecule is CC[C@H](CC[C@@H](C)[C@H]1CC[C@H]2[C@@H]3CC=C4C=CC[C@H](O)[C@]4(C)[C@H]3CC[C@]12C)C(C)C. The van der Waals surface area contributed by atoms with Gasteiger partial charge < -0.3 is 5.11 Å². The molecule has 0 unspecified atom stereocenters. The van der Waals surface area contributed by atoms with Crippen LogP contribution in [0.1, 0.15) is 99.3 Å². The Morgan fingerprint density at radius 3 is 2.50 bits per heavy atom. The molecule has 0 aromatic carbocycles. The molecule has 0 amide bonds. The standard InChI is InChI=1S/C29H48O/c1-7-21(19(2)3)12-11-20(4)24-15-16-25-23-14-13-22-9-8-10-27(30)29(22,6)26(23)17-18-28(24,25)5/h8-9,13,19-21,23-27,30H,7,10-12,14-18H2,1-6H3/t20-,21-,23+,24-,25+,26+,27+,28-,29+/m1/s1. The molecular weight excluding hydrogens is 364 g/mol. The molecule has 4 rings (SSSR count). The third kappa shape index (κ3) is 3.46. The zero-order valence-electron chi connectivity index (χ0n) is 20.7. The highest BCUT2D eigenvalue weighted by atomic mass is 16.3. The Kier molecular flexibility index (Phi) is 6.35. The predicted molar refractivity (Wildman–Crippen MR) is 128 cm³/mol. The average Bonchev–Trinajstić information content (AvgIpc) is 3.06. The van der Waals surface area contributed by atoms with E-state index in [4.69, 9.17) is 0 Å². The Balaban J connectivity index is 1.50. The van der Waals surface area contributed by atoms with Gasteiger partial charge in [-0.05, 0) is 97.4 Å². The van der Waals surface area contributed by atoms with Crippen LogP contribution in [0.15, 0.2) is 23.8 Å². The summed E-state index contributed by atoms with van der Waals surface area (Å²) >= 11 is 0. The highest BCUT2D eigenvalue weighted by molar-refractivity contribution is 5.36. The van der Waals surface area contributed by atoms with Crippen LogP contribution in [0.3, 0.4) is 0 Å². The van der Waals surface area contributed by atoms with E-state index in [9.17, 15) is 5.11 Å². The third-order valence-corrected chi connectivity index (χ3v) is 11.0. The lowest BCUT2D eigenvalue weighted by Crippen LogP contribution is -2.53. The van der Waals surface area contributed by atoms with Crippen LogP contribution in [0, 0.1) is 52.3 Å². The van der Waals surface area contributed by atoms with Gasteiger partial charge in [-0.1, -0.05) is 72.6 Å². The van der Waals surface area contributed by atoms with Gasteiger partial charge in [-0.15, -0.1) is 0 Å². The molecule has 1 N–H and O–H groups in total. The Bertz CT molecular complexity index is 674. The van der Waals surface area contributed by atoms with Crippen LogP contribution in [-0.4, -0.2) is 11.2 Å². The van der Waals surface area contributed by atoms with Gasteiger partial charge in [0.25, 0.3) is 0 Å². The molecule has 9 atom stereocenters. The van der Waals surface area contributed by atoms with Crippen molar-refractivity contribution < 1.29 is 5.11 Å². The van der Waals surface area contributed by atoms with Gasteiger partial charge in [0.15, 0.2) is 0 Å². The van der Waals surface area contributed by atoms with Gasteiger partial charge in [0.2, 0.25) is 0 Å². The van der Waals surface area contributed by atoms with E-state index in [2.05, 4.69) is 59.8 Å². The molecule has 170 valence electrons. The highest BCUT2D eigenvalue weighted by Crippen LogP contribution is 2.66. The van der Waals surface area contributed by atoms with E-state index >= 15 is 0 Å². The summed E-state index contributed by atoms with van der Waals surface area (Å²) in [6, 6.07) is 0. The van der Waals surface area contributed by atoms with Crippen molar-refractivity contribution in [3.63, 3.8) is 0 Å². The molecular formula is C29H48O. The van der Waals surface area contributed by atoms with Gasteiger partial charge in [-0.2, -0.15) is 0 Å². The van der Waals surface area contributed by atoms with Crippen molar-refractivity contribution in [3.8, 4) is 0 Å². The zero-order valence-corrected chi connectivity index (χ0v) is 20.7. The molecule has 0 aromatic heterocycles. The second kappa shape index (κ2) is 8.42. The molecule has 2 fully saturated rings. The molecule has 0 bridgehead atoms. The highest BCUT2D eigenvalue weighted by Gasteiger charge is 2.60. The fourth-order valence-corrected chi connectivity index (χ4v) is 8.98. The average molecular weight is 413 g/mol. The fourth-order valence-electron chi connectivity index (χ4n) is 8.98. The smallest absolute Gasteiger partial charge is 0.0671 e. The third-order valence-electron chi connectivity index (χ3n) is 11.0. The van der Waals surface area contributed by atoms with E-state index in [1.54, 1.807) is 0 Å². The van der Waals surface area contributed by atoms with E-state index in [1.807, 2.05) is 0 Å². The predicted octanol–water partition coefficient (Wildman–Crippen LogP) is 7.80. The topological polar surface area (TPSA) is 20.2 Å². The Morgan fingerprint density at radius 1 is 1.03 bits per heavy atom. The number of fused-ring (bicyclic) bond motifs is 5. The molecule has 0 saturated heterocycles. The number of allylic oxidation sites excluding steroid dienone is 2. The molecule has 1 heteroatoms. The van der Waals surface area contributed by atoms with Crippen LogP contribution in [0.25, 0.3) is 0 Å². The largest absolute Gasteiger partial charge is 0.392 e. The maximum absolute atomic E-state index is 11.0. The van der Waals surface area contributed by atoms with E-state index in [0.29, 0.717) is 11.3 Å². The lowest BCUT2D eigenvalue weighted by molar-refractivity contribution is -0.0825. The number of rotatable bonds is 6. The van der Waals surface area contributed by atoms with Crippen LogP contribution in [0.4, 0.5) is 0 Å². The van der Waals surface area contributed by atoms with Crippen molar-refractivity contribution in [3.05, 3.63) is 23.8 Å². The van der Waals surface area contributed by atoms with Gasteiger partial charge in [-0.25, -0.2) is 0 Å². The normalized spacial score (nSPS) is 44.8. The first-order valence-corrected chi connectivity index (χ1v) is 13.3. The summed E-state index contributed by atoms with van der Waals surface area (Å²) < 4.78 is 0. The van der Waals surface area contributed by atoms with Gasteiger partial charge >= 0.3 is 0 Å². The number of aliphatic hydroxyl groups is 1. The summed E-state index contributed by atoms with van der Waals surface area (Å²) in [5.41, 5.74) is 1.96. The molecule has 4 aliphatic carbocycles. The molecule has 2 saturated carbocycles. The molecule has 4 aliphatic rings. The minimum Gasteiger partial charge on any atom is -0.392 e. The first kappa shape index (κ1) is 22.6. The van der Waals surface area contributed by atoms with E-state index < -0.39 is 0 Å². The number of aliphatic hydroxyl groups excluding tert-OH is 1. The molecule has 0 heterocycles. The van der Waals surface area contributed by atoms with Crippen molar-refractivity contribution in [2.24, 2.45) is 52.3 Å². The van der Waals surface area contributed by atoms with Gasteiger partial charge in [-0.3, -0.25) is 0 Å². The maximum atomic E-state index is 11.0. The second-order valence-electron chi connectivity index (χ2n) is 12.4. The summed E-state index contributed by atoms with van der Waals surface area (Å²) in [6.07, 6.45) is 18.7. The molecule has 0 spiro atoms. The van der Waals surface area contributed by atoms with Crippen LogP contribution in [-0.2, 0) is 0 Å². The molecule has 30 heavy (non-hydrogen) atoms. The fraction of sp³-hybridized carbons (Fsp3) is 0.862. The van der Waals surface area contributed by atoms with Crippen molar-refractivity contribution in [1.29, 1.82) is 0 Å². The zero-order chi connectivity index (χ0) is 21.7. The lowest BCUT2D eigenvalue weighted by atomic mass is 9.47. The summed E-state index contributed by atoms with van der Waals surface area (Å²) in [5.74, 6) is 5.81. The minimum atomic E-state index is -0.191. The van der Waals surface area contributed by atoms with Crippen molar-refractivity contribution in [2.45, 2.75) is 105 Å². The van der Waals surface area contributed by atoms with Gasteiger partial charge in [0.05, 0.1) is 6.10 Å². The number of hydrogen-bond donors (Lipinski definition) is 1. The molecule has 1 nitrogen and oxygen atoms in total. The summed E-state index contributed by atoms with van der Waals surface area (Å²) in [7, 11) is 0. The minimum absolute atomic E-state index is 0.00564. The van der Waals surface area contributed by atoms with Crippen molar-refractivity contribution in [1.82, 2.24) is 0 Å². The Hall–Kier alpha value is -0.560. The van der Waals surface area contributed by atoms with Gasteiger partial charge in [0.1, 0.15) is 0 Å². The van der Waals surface area contributed by atoms with E-state index in [1.165, 1.54) is 56.9 Å². The lowest BCUT2D eigenvalue weighted by Gasteiger charge is -2.58. The maximum Gasteiger partial charge on any atom is 0.0671 e. The molecule has 0 aliphatic heterocycles. The van der Waals surface area contributed by atoms with Crippen molar-refractivity contribution in [2.75, 3.05) is 0 Å². The van der Waals surface area contributed by atoms with Crippen LogP contribution in [0.2, 0.25) is 0 Å². The first-order chi connectivity index (χ1) is 14.2. The first-order valence-electron chi connectivity index (χ1n) is 13.3. The Morgan fingerprint density at radius 2 is 1.80 bits per heavy atom. The summed E-state index contributed by atoms with van der Waals surface area (Å²) in [5, 5.41) is 11.0. The summed E-state index contributed by atoms with van der Waals surface area (Å²) in [6.45, 7) is 14.8. The van der Waals surface area contributed by atoms with E-state index in [-0.39, 0.29) is 11.5 Å². The van der Waals surface area contributed by atoms with Crippen LogP contribution in [0.5, 0.6) is 0 Å². The van der Waals surface area contributed by atoms with Crippen molar-refractivity contribution >= 4 is 0 Å².